The number of anilines is 1. The molecule has 0 aliphatic carbocycles. The summed E-state index contributed by atoms with van der Waals surface area (Å²) in [7, 11) is 0. The molecule has 1 unspecified atom stereocenters. The molecule has 1 fully saturated rings. The summed E-state index contributed by atoms with van der Waals surface area (Å²) in [5, 5.41) is 6.76. The fraction of sp³-hybridized carbons (Fsp3) is 0.588. The minimum absolute atomic E-state index is 0.124. The molecule has 3 heterocycles. The number of nitrogens with zero attached hydrogens (tertiary/aromatic N) is 4. The van der Waals surface area contributed by atoms with Gasteiger partial charge in [-0.2, -0.15) is 0 Å². The number of hydrogen-bond donors (Lipinski definition) is 1. The number of piperidine rings is 1. The van der Waals surface area contributed by atoms with Crippen molar-refractivity contribution in [1.82, 2.24) is 19.6 Å². The van der Waals surface area contributed by atoms with E-state index in [4.69, 9.17) is 4.52 Å². The molecule has 130 valence electrons. The van der Waals surface area contributed by atoms with Crippen molar-refractivity contribution in [1.29, 1.82) is 0 Å². The zero-order chi connectivity index (χ0) is 17.1. The second-order valence-corrected chi connectivity index (χ2v) is 6.55. The second-order valence-electron chi connectivity index (χ2n) is 6.55. The van der Waals surface area contributed by atoms with Gasteiger partial charge in [-0.25, -0.2) is 9.78 Å². The molecule has 1 N–H and O–H groups in total. The molecule has 0 bridgehead atoms. The van der Waals surface area contributed by atoms with Crippen molar-refractivity contribution in [3.05, 3.63) is 30.0 Å². The van der Waals surface area contributed by atoms with E-state index in [1.807, 2.05) is 31.1 Å². The minimum Gasteiger partial charge on any atom is -0.359 e. The van der Waals surface area contributed by atoms with Gasteiger partial charge < -0.3 is 14.0 Å². The van der Waals surface area contributed by atoms with Crippen molar-refractivity contribution < 1.29 is 9.32 Å². The largest absolute Gasteiger partial charge is 0.359 e. The summed E-state index contributed by atoms with van der Waals surface area (Å²) in [6, 6.07) is 1.95. The average molecular weight is 331 g/mol. The van der Waals surface area contributed by atoms with Gasteiger partial charge in [0.15, 0.2) is 5.82 Å². The Kier molecular flexibility index (Phi) is 4.87. The Labute approximate surface area is 142 Å². The minimum atomic E-state index is -0.124. The van der Waals surface area contributed by atoms with Crippen molar-refractivity contribution in [2.45, 2.75) is 52.0 Å². The highest BCUT2D eigenvalue weighted by Crippen LogP contribution is 2.24. The molecule has 2 amide bonds. The van der Waals surface area contributed by atoms with Crippen LogP contribution in [0.5, 0.6) is 0 Å². The summed E-state index contributed by atoms with van der Waals surface area (Å²) in [5.74, 6) is 2.56. The maximum absolute atomic E-state index is 12.5. The van der Waals surface area contributed by atoms with Gasteiger partial charge in [0.1, 0.15) is 11.6 Å². The zero-order valence-electron chi connectivity index (χ0n) is 14.5. The molecule has 1 aliphatic heterocycles. The maximum Gasteiger partial charge on any atom is 0.323 e. The van der Waals surface area contributed by atoms with E-state index >= 15 is 0 Å². The van der Waals surface area contributed by atoms with E-state index < -0.39 is 0 Å². The van der Waals surface area contributed by atoms with Gasteiger partial charge in [0, 0.05) is 43.9 Å². The molecular weight excluding hydrogens is 306 g/mol. The smallest absolute Gasteiger partial charge is 0.323 e. The number of carbonyl (C=O) groups excluding carboxylic acids is 1. The standard InChI is InChI=1S/C17H25N5O2/c1-4-16-18-7-9-22(16)13-6-5-8-21(11-13)17(23)19-15-10-14(12(2)3)24-20-15/h7,9-10,12-13H,4-6,8,11H2,1-3H3,(H,19,20,23). The molecule has 2 aromatic heterocycles. The van der Waals surface area contributed by atoms with Crippen LogP contribution in [0, 0.1) is 0 Å². The summed E-state index contributed by atoms with van der Waals surface area (Å²) in [4.78, 5) is 18.8. The van der Waals surface area contributed by atoms with Crippen LogP contribution < -0.4 is 5.32 Å². The number of aryl methyl sites for hydroxylation is 1. The molecule has 7 nitrogen and oxygen atoms in total. The first-order chi connectivity index (χ1) is 11.6. The molecule has 7 heteroatoms. The van der Waals surface area contributed by atoms with E-state index in [0.717, 1.165) is 37.4 Å². The zero-order valence-corrected chi connectivity index (χ0v) is 14.5. The number of amides is 2. The van der Waals surface area contributed by atoms with Gasteiger partial charge in [-0.05, 0) is 12.8 Å². The first-order valence-electron chi connectivity index (χ1n) is 8.62. The molecule has 3 rings (SSSR count). The highest BCUT2D eigenvalue weighted by atomic mass is 16.5. The molecule has 2 aromatic rings. The van der Waals surface area contributed by atoms with Crippen molar-refractivity contribution in [2.24, 2.45) is 0 Å². The van der Waals surface area contributed by atoms with Gasteiger partial charge in [0.05, 0.1) is 6.04 Å². The molecule has 1 saturated heterocycles. The molecule has 1 atom stereocenters. The van der Waals surface area contributed by atoms with E-state index in [0.29, 0.717) is 12.4 Å². The van der Waals surface area contributed by atoms with Gasteiger partial charge in [0.25, 0.3) is 0 Å². The Hall–Kier alpha value is -2.31. The topological polar surface area (TPSA) is 76.2 Å². The second kappa shape index (κ2) is 7.07. The fourth-order valence-corrected chi connectivity index (χ4v) is 3.13. The van der Waals surface area contributed by atoms with Crippen LogP contribution in [0.1, 0.15) is 57.2 Å². The number of imidazole rings is 1. The molecule has 0 spiro atoms. The van der Waals surface area contributed by atoms with E-state index in [9.17, 15) is 4.79 Å². The average Bonchev–Trinajstić information content (AvgIpc) is 3.23. The Bertz CT molecular complexity index is 691. The van der Waals surface area contributed by atoms with Crippen molar-refractivity contribution in [3.8, 4) is 0 Å². The number of urea groups is 1. The van der Waals surface area contributed by atoms with E-state index in [1.54, 1.807) is 6.07 Å². The predicted octanol–water partition coefficient (Wildman–Crippen LogP) is 3.43. The Morgan fingerprint density at radius 3 is 3.04 bits per heavy atom. The lowest BCUT2D eigenvalue weighted by atomic mass is 10.1. The summed E-state index contributed by atoms with van der Waals surface area (Å²) in [6.07, 6.45) is 6.79. The van der Waals surface area contributed by atoms with E-state index in [1.165, 1.54) is 0 Å². The summed E-state index contributed by atoms with van der Waals surface area (Å²) in [5.41, 5.74) is 0. The molecule has 0 aromatic carbocycles. The number of carbonyl (C=O) groups is 1. The fourth-order valence-electron chi connectivity index (χ4n) is 3.13. The van der Waals surface area contributed by atoms with Gasteiger partial charge in [-0.15, -0.1) is 0 Å². The highest BCUT2D eigenvalue weighted by Gasteiger charge is 2.26. The van der Waals surface area contributed by atoms with Crippen LogP contribution in [0.2, 0.25) is 0 Å². The molecule has 24 heavy (non-hydrogen) atoms. The predicted molar refractivity (Wildman–Crippen MR) is 91.1 cm³/mol. The highest BCUT2D eigenvalue weighted by molar-refractivity contribution is 5.88. The Morgan fingerprint density at radius 1 is 1.50 bits per heavy atom. The van der Waals surface area contributed by atoms with Crippen molar-refractivity contribution >= 4 is 11.8 Å². The summed E-state index contributed by atoms with van der Waals surface area (Å²) in [6.45, 7) is 7.59. The van der Waals surface area contributed by atoms with Gasteiger partial charge in [-0.1, -0.05) is 25.9 Å². The third-order valence-electron chi connectivity index (χ3n) is 4.47. The number of rotatable bonds is 4. The van der Waals surface area contributed by atoms with Crippen LogP contribution in [0.4, 0.5) is 10.6 Å². The van der Waals surface area contributed by atoms with Gasteiger partial charge in [-0.3, -0.25) is 5.32 Å². The number of hydrogen-bond acceptors (Lipinski definition) is 4. The first-order valence-corrected chi connectivity index (χ1v) is 8.62. The molecular formula is C17H25N5O2. The van der Waals surface area contributed by atoms with Crippen LogP contribution in [-0.4, -0.2) is 38.7 Å². The Morgan fingerprint density at radius 2 is 2.33 bits per heavy atom. The number of aromatic nitrogens is 3. The maximum atomic E-state index is 12.5. The van der Waals surface area contributed by atoms with Crippen LogP contribution in [0.15, 0.2) is 23.0 Å². The molecule has 0 saturated carbocycles. The van der Waals surface area contributed by atoms with Crippen molar-refractivity contribution in [3.63, 3.8) is 0 Å². The lowest BCUT2D eigenvalue weighted by Gasteiger charge is -2.33. The molecule has 1 aliphatic rings. The number of nitrogens with one attached hydrogen (secondary N) is 1. The van der Waals surface area contributed by atoms with Crippen LogP contribution in [0.3, 0.4) is 0 Å². The van der Waals surface area contributed by atoms with Crippen LogP contribution in [-0.2, 0) is 6.42 Å². The van der Waals surface area contributed by atoms with Gasteiger partial charge in [0.2, 0.25) is 0 Å². The SMILES string of the molecule is CCc1nccn1C1CCCN(C(=O)Nc2cc(C(C)C)on2)C1. The lowest BCUT2D eigenvalue weighted by Crippen LogP contribution is -2.43. The summed E-state index contributed by atoms with van der Waals surface area (Å²) < 4.78 is 7.43. The quantitative estimate of drug-likeness (QED) is 0.931. The van der Waals surface area contributed by atoms with Crippen LogP contribution >= 0.6 is 0 Å². The van der Waals surface area contributed by atoms with Gasteiger partial charge >= 0.3 is 6.03 Å². The van der Waals surface area contributed by atoms with Crippen LogP contribution in [0.25, 0.3) is 0 Å². The third-order valence-corrected chi connectivity index (χ3v) is 4.47. The first kappa shape index (κ1) is 16.5. The van der Waals surface area contributed by atoms with E-state index in [2.05, 4.69) is 26.9 Å². The normalized spacial score (nSPS) is 18.2. The van der Waals surface area contributed by atoms with E-state index in [-0.39, 0.29) is 18.0 Å². The van der Waals surface area contributed by atoms with Crippen molar-refractivity contribution in [2.75, 3.05) is 18.4 Å². The Balaban J connectivity index is 1.64. The lowest BCUT2D eigenvalue weighted by molar-refractivity contribution is 0.177. The summed E-state index contributed by atoms with van der Waals surface area (Å²) >= 11 is 0. The monoisotopic (exact) mass is 331 g/mol. The third kappa shape index (κ3) is 3.44. The number of likely N-dealkylation sites (tertiary alicyclic amines) is 1. The molecule has 0 radical (unpaired) electrons.